The standard InChI is InChI=1S/C15H17N3OS/c1-15(2)10-8-9(12-6-7-13(16)18(12)3)4-5-11(10)17-14(20)19-15/h4-8H,16H2,1-3H3,(H,17,20). The predicted octanol–water partition coefficient (Wildman–Crippen LogP) is 3.24. The van der Waals surface area contributed by atoms with Gasteiger partial charge in [0.1, 0.15) is 11.4 Å². The third-order valence-corrected chi connectivity index (χ3v) is 3.89. The number of hydrogen-bond acceptors (Lipinski definition) is 3. The van der Waals surface area contributed by atoms with Crippen LogP contribution in [-0.2, 0) is 17.4 Å². The van der Waals surface area contributed by atoms with E-state index in [2.05, 4.69) is 17.4 Å². The molecular formula is C15H17N3OS. The van der Waals surface area contributed by atoms with Gasteiger partial charge in [0.25, 0.3) is 5.17 Å². The average Bonchev–Trinajstić information content (AvgIpc) is 2.69. The molecule has 0 spiro atoms. The van der Waals surface area contributed by atoms with Crippen LogP contribution in [0.25, 0.3) is 11.3 Å². The van der Waals surface area contributed by atoms with Crippen LogP contribution >= 0.6 is 12.2 Å². The number of nitrogens with zero attached hydrogens (tertiary/aromatic N) is 1. The van der Waals surface area contributed by atoms with Crippen LogP contribution in [0.2, 0.25) is 0 Å². The zero-order valence-corrected chi connectivity index (χ0v) is 12.5. The number of benzene rings is 1. The van der Waals surface area contributed by atoms with Crippen molar-refractivity contribution >= 4 is 28.9 Å². The quantitative estimate of drug-likeness (QED) is 0.791. The third-order valence-electron chi connectivity index (χ3n) is 3.71. The van der Waals surface area contributed by atoms with Crippen molar-refractivity contribution in [2.75, 3.05) is 11.1 Å². The second kappa shape index (κ2) is 4.24. The fourth-order valence-electron chi connectivity index (χ4n) is 2.55. The van der Waals surface area contributed by atoms with Crippen molar-refractivity contribution in [2.24, 2.45) is 7.05 Å². The van der Waals surface area contributed by atoms with Gasteiger partial charge >= 0.3 is 0 Å². The molecule has 4 nitrogen and oxygen atoms in total. The molecule has 0 radical (unpaired) electrons. The van der Waals surface area contributed by atoms with E-state index in [1.807, 2.05) is 43.7 Å². The van der Waals surface area contributed by atoms with Gasteiger partial charge in [0, 0.05) is 24.0 Å². The van der Waals surface area contributed by atoms with Gasteiger partial charge in [0.2, 0.25) is 0 Å². The van der Waals surface area contributed by atoms with Crippen LogP contribution in [0.4, 0.5) is 11.5 Å². The van der Waals surface area contributed by atoms with E-state index in [1.165, 1.54) is 0 Å². The van der Waals surface area contributed by atoms with Gasteiger partial charge in [-0.2, -0.15) is 0 Å². The number of anilines is 2. The zero-order valence-electron chi connectivity index (χ0n) is 11.7. The summed E-state index contributed by atoms with van der Waals surface area (Å²) < 4.78 is 7.68. The lowest BCUT2D eigenvalue weighted by Gasteiger charge is -2.34. The summed E-state index contributed by atoms with van der Waals surface area (Å²) in [5.74, 6) is 0.743. The fraction of sp³-hybridized carbons (Fsp3) is 0.267. The first kappa shape index (κ1) is 13.0. The summed E-state index contributed by atoms with van der Waals surface area (Å²) in [5.41, 5.74) is 9.72. The maximum Gasteiger partial charge on any atom is 0.262 e. The summed E-state index contributed by atoms with van der Waals surface area (Å²) in [6.07, 6.45) is 0. The highest BCUT2D eigenvalue weighted by atomic mass is 32.1. The van der Waals surface area contributed by atoms with Crippen molar-refractivity contribution in [1.29, 1.82) is 0 Å². The number of rotatable bonds is 1. The Balaban J connectivity index is 2.14. The molecule has 1 aromatic heterocycles. The number of nitrogen functional groups attached to an aromatic ring is 1. The topological polar surface area (TPSA) is 52.2 Å². The first-order chi connectivity index (χ1) is 9.38. The highest BCUT2D eigenvalue weighted by Gasteiger charge is 2.31. The van der Waals surface area contributed by atoms with E-state index in [9.17, 15) is 0 Å². The number of ether oxygens (including phenoxy) is 1. The second-order valence-electron chi connectivity index (χ2n) is 5.49. The van der Waals surface area contributed by atoms with E-state index in [0.717, 1.165) is 28.3 Å². The molecule has 1 aliphatic rings. The Morgan fingerprint density at radius 3 is 2.65 bits per heavy atom. The third kappa shape index (κ3) is 1.94. The molecule has 1 aromatic carbocycles. The van der Waals surface area contributed by atoms with Crippen molar-refractivity contribution < 1.29 is 4.74 Å². The highest BCUT2D eigenvalue weighted by molar-refractivity contribution is 7.80. The van der Waals surface area contributed by atoms with E-state index >= 15 is 0 Å². The number of thiocarbonyl (C=S) groups is 1. The molecule has 2 heterocycles. The van der Waals surface area contributed by atoms with Crippen molar-refractivity contribution in [3.05, 3.63) is 35.9 Å². The molecule has 0 aliphatic carbocycles. The van der Waals surface area contributed by atoms with Crippen LogP contribution < -0.4 is 11.1 Å². The molecule has 104 valence electrons. The van der Waals surface area contributed by atoms with Gasteiger partial charge in [-0.25, -0.2) is 0 Å². The number of hydrogen-bond donors (Lipinski definition) is 2. The van der Waals surface area contributed by atoms with Gasteiger partial charge < -0.3 is 20.4 Å². The molecule has 3 rings (SSSR count). The molecule has 0 fully saturated rings. The van der Waals surface area contributed by atoms with E-state index in [-0.39, 0.29) is 0 Å². The SMILES string of the molecule is Cn1c(N)ccc1-c1ccc2c(c1)C(C)(C)OC(=S)N2. The maximum absolute atomic E-state index is 5.90. The molecule has 0 atom stereocenters. The summed E-state index contributed by atoms with van der Waals surface area (Å²) in [7, 11) is 1.96. The Morgan fingerprint density at radius 2 is 2.00 bits per heavy atom. The lowest BCUT2D eigenvalue weighted by molar-refractivity contribution is 0.0947. The van der Waals surface area contributed by atoms with Gasteiger partial charge in [0.05, 0.1) is 0 Å². The summed E-state index contributed by atoms with van der Waals surface area (Å²) in [6, 6.07) is 10.1. The largest absolute Gasteiger partial charge is 0.460 e. The van der Waals surface area contributed by atoms with E-state index in [1.54, 1.807) is 0 Å². The van der Waals surface area contributed by atoms with Crippen LogP contribution in [0.3, 0.4) is 0 Å². The fourth-order valence-corrected chi connectivity index (χ4v) is 2.87. The highest BCUT2D eigenvalue weighted by Crippen LogP contribution is 2.38. The smallest absolute Gasteiger partial charge is 0.262 e. The van der Waals surface area contributed by atoms with Gasteiger partial charge in [-0.1, -0.05) is 6.07 Å². The van der Waals surface area contributed by atoms with Crippen molar-refractivity contribution in [3.63, 3.8) is 0 Å². The number of aromatic nitrogens is 1. The van der Waals surface area contributed by atoms with Crippen molar-refractivity contribution in [3.8, 4) is 11.3 Å². The Morgan fingerprint density at radius 1 is 1.25 bits per heavy atom. The minimum Gasteiger partial charge on any atom is -0.460 e. The molecule has 0 bridgehead atoms. The first-order valence-electron chi connectivity index (χ1n) is 6.44. The molecule has 1 aliphatic heterocycles. The number of fused-ring (bicyclic) bond motifs is 1. The van der Waals surface area contributed by atoms with Crippen LogP contribution in [0.15, 0.2) is 30.3 Å². The number of nitrogens with one attached hydrogen (secondary N) is 1. The van der Waals surface area contributed by atoms with Gasteiger partial charge in [-0.15, -0.1) is 0 Å². The second-order valence-corrected chi connectivity index (χ2v) is 5.86. The lowest BCUT2D eigenvalue weighted by atomic mass is 9.92. The molecule has 0 unspecified atom stereocenters. The molecular weight excluding hydrogens is 270 g/mol. The van der Waals surface area contributed by atoms with Gasteiger partial charge in [-0.3, -0.25) is 0 Å². The lowest BCUT2D eigenvalue weighted by Crippen LogP contribution is -2.34. The number of nitrogens with two attached hydrogens (primary N) is 1. The molecule has 0 saturated heterocycles. The summed E-state index contributed by atoms with van der Waals surface area (Å²) in [6.45, 7) is 4.03. The summed E-state index contributed by atoms with van der Waals surface area (Å²) in [4.78, 5) is 0. The predicted molar refractivity (Wildman–Crippen MR) is 85.6 cm³/mol. The molecule has 20 heavy (non-hydrogen) atoms. The van der Waals surface area contributed by atoms with Crippen molar-refractivity contribution in [1.82, 2.24) is 4.57 Å². The van der Waals surface area contributed by atoms with Crippen LogP contribution in [0.5, 0.6) is 0 Å². The molecule has 0 amide bonds. The normalized spacial score (nSPS) is 16.2. The summed E-state index contributed by atoms with van der Waals surface area (Å²) >= 11 is 5.13. The molecule has 5 heteroatoms. The molecule has 0 saturated carbocycles. The average molecular weight is 287 g/mol. The Hall–Kier alpha value is -2.01. The Bertz CT molecular complexity index is 703. The molecule has 3 N–H and O–H groups in total. The zero-order chi connectivity index (χ0) is 14.5. The van der Waals surface area contributed by atoms with Gasteiger partial charge in [-0.05, 0) is 55.9 Å². The van der Waals surface area contributed by atoms with Crippen LogP contribution in [0.1, 0.15) is 19.4 Å². The van der Waals surface area contributed by atoms with Gasteiger partial charge in [0.15, 0.2) is 0 Å². The minimum atomic E-state index is -0.440. The first-order valence-corrected chi connectivity index (χ1v) is 6.85. The maximum atomic E-state index is 5.90. The Labute approximate surface area is 123 Å². The summed E-state index contributed by atoms with van der Waals surface area (Å²) in [5, 5.41) is 3.51. The van der Waals surface area contributed by atoms with E-state index < -0.39 is 5.60 Å². The van der Waals surface area contributed by atoms with E-state index in [4.69, 9.17) is 22.7 Å². The van der Waals surface area contributed by atoms with E-state index in [0.29, 0.717) is 5.17 Å². The van der Waals surface area contributed by atoms with Crippen molar-refractivity contribution in [2.45, 2.75) is 19.4 Å². The van der Waals surface area contributed by atoms with Crippen LogP contribution in [0, 0.1) is 0 Å². The Kier molecular flexibility index (Phi) is 2.76. The molecule has 2 aromatic rings. The monoisotopic (exact) mass is 287 g/mol. The van der Waals surface area contributed by atoms with Crippen LogP contribution in [-0.4, -0.2) is 9.74 Å². The minimum absolute atomic E-state index is 0.415.